The lowest BCUT2D eigenvalue weighted by molar-refractivity contribution is 0.0203. The third-order valence-electron chi connectivity index (χ3n) is 3.93. The summed E-state index contributed by atoms with van der Waals surface area (Å²) in [5, 5.41) is 6.69. The van der Waals surface area contributed by atoms with Crippen molar-refractivity contribution in [2.45, 2.75) is 46.0 Å². The second kappa shape index (κ2) is 12.7. The van der Waals surface area contributed by atoms with Gasteiger partial charge in [0.2, 0.25) is 0 Å². The first-order valence-electron chi connectivity index (χ1n) is 8.82. The quantitative estimate of drug-likeness (QED) is 0.369. The summed E-state index contributed by atoms with van der Waals surface area (Å²) in [5.41, 5.74) is 0. The zero-order valence-corrected chi connectivity index (χ0v) is 14.7. The Balaban J connectivity index is 1.93. The van der Waals surface area contributed by atoms with Crippen LogP contribution in [0.25, 0.3) is 0 Å². The molecule has 0 unspecified atom stereocenters. The lowest BCUT2D eigenvalue weighted by atomic mass is 10.0. The molecule has 0 aromatic carbocycles. The molecule has 2 N–H and O–H groups in total. The lowest BCUT2D eigenvalue weighted by Gasteiger charge is -2.21. The fourth-order valence-electron chi connectivity index (χ4n) is 2.48. The van der Waals surface area contributed by atoms with E-state index in [-0.39, 0.29) is 0 Å². The van der Waals surface area contributed by atoms with Gasteiger partial charge < -0.3 is 20.1 Å². The highest BCUT2D eigenvalue weighted by molar-refractivity contribution is 5.79. The Morgan fingerprint density at radius 2 is 1.86 bits per heavy atom. The zero-order chi connectivity index (χ0) is 16.0. The van der Waals surface area contributed by atoms with Gasteiger partial charge in [0.05, 0.1) is 0 Å². The molecule has 0 amide bonds. The SMILES string of the molecule is CN=C(NCCCOCC1CCOCC1)NCCCC(C)C. The summed E-state index contributed by atoms with van der Waals surface area (Å²) in [4.78, 5) is 4.24. The average molecular weight is 313 g/mol. The monoisotopic (exact) mass is 313 g/mol. The smallest absolute Gasteiger partial charge is 0.190 e. The van der Waals surface area contributed by atoms with E-state index in [1.807, 2.05) is 7.05 Å². The second-order valence-electron chi connectivity index (χ2n) is 6.45. The Hall–Kier alpha value is -0.810. The highest BCUT2D eigenvalue weighted by Crippen LogP contribution is 2.14. The summed E-state index contributed by atoms with van der Waals surface area (Å²) in [6, 6.07) is 0. The van der Waals surface area contributed by atoms with Gasteiger partial charge in [-0.3, -0.25) is 4.99 Å². The van der Waals surface area contributed by atoms with Crippen LogP contribution in [0, 0.1) is 11.8 Å². The molecule has 0 atom stereocenters. The van der Waals surface area contributed by atoms with Crippen LogP contribution in [-0.4, -0.2) is 52.5 Å². The van der Waals surface area contributed by atoms with E-state index < -0.39 is 0 Å². The molecular weight excluding hydrogens is 278 g/mol. The van der Waals surface area contributed by atoms with E-state index in [4.69, 9.17) is 9.47 Å². The number of ether oxygens (including phenoxy) is 2. The molecule has 0 radical (unpaired) electrons. The number of rotatable bonds is 10. The summed E-state index contributed by atoms with van der Waals surface area (Å²) in [6.07, 6.45) is 5.74. The Bertz CT molecular complexity index is 290. The third kappa shape index (κ3) is 10.0. The second-order valence-corrected chi connectivity index (χ2v) is 6.45. The van der Waals surface area contributed by atoms with Crippen LogP contribution in [0.4, 0.5) is 0 Å². The minimum Gasteiger partial charge on any atom is -0.381 e. The molecule has 0 saturated carbocycles. The Morgan fingerprint density at radius 1 is 1.18 bits per heavy atom. The van der Waals surface area contributed by atoms with E-state index in [0.717, 1.165) is 70.7 Å². The maximum Gasteiger partial charge on any atom is 0.190 e. The standard InChI is InChI=1S/C17H35N3O2/c1-15(2)6-4-9-19-17(18-3)20-10-5-11-22-14-16-7-12-21-13-8-16/h15-16H,4-14H2,1-3H3,(H2,18,19,20). The van der Waals surface area contributed by atoms with Gasteiger partial charge in [0.25, 0.3) is 0 Å². The Labute approximate surface area is 136 Å². The third-order valence-corrected chi connectivity index (χ3v) is 3.93. The van der Waals surface area contributed by atoms with Gasteiger partial charge in [-0.05, 0) is 43.9 Å². The lowest BCUT2D eigenvalue weighted by Crippen LogP contribution is -2.38. The molecule has 130 valence electrons. The van der Waals surface area contributed by atoms with Crippen molar-refractivity contribution in [3.05, 3.63) is 0 Å². The van der Waals surface area contributed by atoms with E-state index in [0.29, 0.717) is 5.92 Å². The molecule has 5 nitrogen and oxygen atoms in total. The van der Waals surface area contributed by atoms with Gasteiger partial charge in [0, 0.05) is 46.6 Å². The van der Waals surface area contributed by atoms with Crippen molar-refractivity contribution in [1.82, 2.24) is 10.6 Å². The topological polar surface area (TPSA) is 54.9 Å². The minimum absolute atomic E-state index is 0.692. The van der Waals surface area contributed by atoms with Crippen molar-refractivity contribution in [3.63, 3.8) is 0 Å². The van der Waals surface area contributed by atoms with Crippen LogP contribution in [0.3, 0.4) is 0 Å². The van der Waals surface area contributed by atoms with Gasteiger partial charge >= 0.3 is 0 Å². The van der Waals surface area contributed by atoms with Crippen molar-refractivity contribution in [1.29, 1.82) is 0 Å². The molecule has 0 bridgehead atoms. The van der Waals surface area contributed by atoms with Gasteiger partial charge in [-0.1, -0.05) is 13.8 Å². The highest BCUT2D eigenvalue weighted by atomic mass is 16.5. The first-order valence-corrected chi connectivity index (χ1v) is 8.82. The number of hydrogen-bond donors (Lipinski definition) is 2. The molecule has 1 saturated heterocycles. The van der Waals surface area contributed by atoms with Crippen LogP contribution in [0.5, 0.6) is 0 Å². The van der Waals surface area contributed by atoms with Crippen LogP contribution in [-0.2, 0) is 9.47 Å². The van der Waals surface area contributed by atoms with E-state index >= 15 is 0 Å². The van der Waals surface area contributed by atoms with Gasteiger partial charge in [-0.15, -0.1) is 0 Å². The van der Waals surface area contributed by atoms with Crippen LogP contribution >= 0.6 is 0 Å². The van der Waals surface area contributed by atoms with E-state index in [2.05, 4.69) is 29.5 Å². The average Bonchev–Trinajstić information content (AvgIpc) is 2.53. The predicted octanol–water partition coefficient (Wildman–Crippen LogP) is 2.42. The molecule has 1 aliphatic heterocycles. The van der Waals surface area contributed by atoms with Crippen LogP contribution in [0.15, 0.2) is 4.99 Å². The molecule has 0 aliphatic carbocycles. The molecular formula is C17H35N3O2. The fourth-order valence-corrected chi connectivity index (χ4v) is 2.48. The van der Waals surface area contributed by atoms with Gasteiger partial charge in [0.15, 0.2) is 5.96 Å². The predicted molar refractivity (Wildman–Crippen MR) is 92.4 cm³/mol. The van der Waals surface area contributed by atoms with Gasteiger partial charge in [-0.25, -0.2) is 0 Å². The van der Waals surface area contributed by atoms with Crippen molar-refractivity contribution >= 4 is 5.96 Å². The van der Waals surface area contributed by atoms with Gasteiger partial charge in [0.1, 0.15) is 0 Å². The molecule has 22 heavy (non-hydrogen) atoms. The van der Waals surface area contributed by atoms with E-state index in [1.165, 1.54) is 12.8 Å². The maximum atomic E-state index is 5.76. The van der Waals surface area contributed by atoms with Gasteiger partial charge in [-0.2, -0.15) is 0 Å². The number of nitrogens with zero attached hydrogens (tertiary/aromatic N) is 1. The molecule has 1 heterocycles. The number of guanidine groups is 1. The van der Waals surface area contributed by atoms with E-state index in [1.54, 1.807) is 0 Å². The van der Waals surface area contributed by atoms with Crippen molar-refractivity contribution in [2.75, 3.05) is 46.6 Å². The minimum atomic E-state index is 0.692. The number of nitrogens with one attached hydrogen (secondary N) is 2. The maximum absolute atomic E-state index is 5.76. The molecule has 5 heteroatoms. The highest BCUT2D eigenvalue weighted by Gasteiger charge is 2.13. The van der Waals surface area contributed by atoms with Crippen molar-refractivity contribution < 1.29 is 9.47 Å². The zero-order valence-electron chi connectivity index (χ0n) is 14.7. The summed E-state index contributed by atoms with van der Waals surface area (Å²) in [5.74, 6) is 2.36. The summed E-state index contributed by atoms with van der Waals surface area (Å²) >= 11 is 0. The Kier molecular flexibility index (Phi) is 11.1. The van der Waals surface area contributed by atoms with Crippen LogP contribution in [0.1, 0.15) is 46.0 Å². The summed E-state index contributed by atoms with van der Waals surface area (Å²) in [6.45, 7) is 9.89. The molecule has 1 fully saturated rings. The first-order chi connectivity index (χ1) is 10.7. The van der Waals surface area contributed by atoms with Crippen LogP contribution < -0.4 is 10.6 Å². The molecule has 0 aromatic rings. The number of aliphatic imine (C=N–C) groups is 1. The fraction of sp³-hybridized carbons (Fsp3) is 0.941. The molecule has 1 rings (SSSR count). The normalized spacial score (nSPS) is 17.0. The molecule has 0 spiro atoms. The first kappa shape index (κ1) is 19.2. The van der Waals surface area contributed by atoms with Crippen molar-refractivity contribution in [3.8, 4) is 0 Å². The molecule has 1 aliphatic rings. The van der Waals surface area contributed by atoms with E-state index in [9.17, 15) is 0 Å². The van der Waals surface area contributed by atoms with Crippen LogP contribution in [0.2, 0.25) is 0 Å². The largest absolute Gasteiger partial charge is 0.381 e. The number of hydrogen-bond acceptors (Lipinski definition) is 3. The summed E-state index contributed by atoms with van der Waals surface area (Å²) < 4.78 is 11.1. The Morgan fingerprint density at radius 3 is 2.50 bits per heavy atom. The van der Waals surface area contributed by atoms with Crippen molar-refractivity contribution in [2.24, 2.45) is 16.8 Å². The summed E-state index contributed by atoms with van der Waals surface area (Å²) in [7, 11) is 1.82. The molecule has 0 aromatic heterocycles.